The molecule has 1 amide bonds. The number of ether oxygens (including phenoxy) is 2. The Morgan fingerprint density at radius 3 is 2.34 bits per heavy atom. The number of carbonyl (C=O) groups is 1. The number of hydrogen-bond donors (Lipinski definition) is 2. The van der Waals surface area contributed by atoms with Crippen LogP contribution in [-0.2, 0) is 4.79 Å². The number of nitrogens with one attached hydrogen (secondary N) is 2. The lowest BCUT2D eigenvalue weighted by molar-refractivity contribution is -0.121. The molecular weight excluding hydrogens is 404 g/mol. The molecule has 5 rings (SSSR count). The zero-order valence-electron chi connectivity index (χ0n) is 17.3. The van der Waals surface area contributed by atoms with E-state index >= 15 is 0 Å². The number of benzene rings is 3. The van der Waals surface area contributed by atoms with Crippen LogP contribution in [0.15, 0.2) is 84.1 Å². The van der Waals surface area contributed by atoms with Crippen LogP contribution in [0.2, 0.25) is 0 Å². The molecule has 0 bridgehead atoms. The molecule has 0 aliphatic carbocycles. The van der Waals surface area contributed by atoms with Crippen LogP contribution >= 0.6 is 0 Å². The SMILES string of the molecule is COc1ccc(-c2[nH]ncc2/C=N/NC(=O)C2c3ccccc3Oc3ccccc32)cc1. The van der Waals surface area contributed by atoms with Crippen molar-refractivity contribution in [2.75, 3.05) is 7.11 Å². The number of hydrazone groups is 1. The number of aromatic amines is 1. The van der Waals surface area contributed by atoms with E-state index < -0.39 is 5.92 Å². The maximum Gasteiger partial charge on any atom is 0.252 e. The fraction of sp³-hybridized carbons (Fsp3) is 0.0800. The summed E-state index contributed by atoms with van der Waals surface area (Å²) < 4.78 is 11.2. The maximum atomic E-state index is 13.2. The van der Waals surface area contributed by atoms with Crippen molar-refractivity contribution in [2.45, 2.75) is 5.92 Å². The van der Waals surface area contributed by atoms with Gasteiger partial charge >= 0.3 is 0 Å². The van der Waals surface area contributed by atoms with Crippen LogP contribution in [0.4, 0.5) is 0 Å². The molecule has 3 aromatic carbocycles. The Balaban J connectivity index is 1.38. The average Bonchev–Trinajstić information content (AvgIpc) is 3.31. The quantitative estimate of drug-likeness (QED) is 0.365. The van der Waals surface area contributed by atoms with E-state index in [1.54, 1.807) is 19.5 Å². The molecule has 0 saturated heterocycles. The number of fused-ring (bicyclic) bond motifs is 2. The van der Waals surface area contributed by atoms with Crippen molar-refractivity contribution in [1.29, 1.82) is 0 Å². The third-order valence-corrected chi connectivity index (χ3v) is 5.37. The predicted octanol–water partition coefficient (Wildman–Crippen LogP) is 4.47. The highest BCUT2D eigenvalue weighted by Gasteiger charge is 2.32. The van der Waals surface area contributed by atoms with Crippen molar-refractivity contribution in [3.8, 4) is 28.5 Å². The van der Waals surface area contributed by atoms with Gasteiger partial charge in [0.05, 0.1) is 31.1 Å². The Kier molecular flexibility index (Phi) is 5.13. The lowest BCUT2D eigenvalue weighted by Crippen LogP contribution is -2.28. The van der Waals surface area contributed by atoms with Gasteiger partial charge in [-0.05, 0) is 36.4 Å². The molecule has 1 aromatic heterocycles. The molecule has 0 unspecified atom stereocenters. The molecule has 2 heterocycles. The molecule has 0 radical (unpaired) electrons. The van der Waals surface area contributed by atoms with Crippen molar-refractivity contribution in [2.24, 2.45) is 5.10 Å². The first-order valence-electron chi connectivity index (χ1n) is 10.1. The molecular formula is C25H20N4O3. The first kappa shape index (κ1) is 19.6. The minimum absolute atomic E-state index is 0.237. The molecule has 7 heteroatoms. The molecule has 0 fully saturated rings. The summed E-state index contributed by atoms with van der Waals surface area (Å²) in [7, 11) is 1.63. The highest BCUT2D eigenvalue weighted by molar-refractivity contribution is 5.92. The van der Waals surface area contributed by atoms with Gasteiger partial charge in [-0.25, -0.2) is 5.43 Å². The van der Waals surface area contributed by atoms with Gasteiger partial charge in [-0.3, -0.25) is 9.89 Å². The summed E-state index contributed by atoms with van der Waals surface area (Å²) in [6.45, 7) is 0. The standard InChI is InChI=1S/C25H20N4O3/c1-31-18-12-10-16(11-13-18)24-17(14-26-28-24)15-27-29-25(30)23-19-6-2-4-8-21(19)32-22-9-5-3-7-20(22)23/h2-15,23H,1H3,(H,26,28)(H,29,30)/b27-15+. The summed E-state index contributed by atoms with van der Waals surface area (Å²) >= 11 is 0. The van der Waals surface area contributed by atoms with Crippen LogP contribution in [0.5, 0.6) is 17.2 Å². The Labute approximate surface area is 184 Å². The number of H-pyrrole nitrogens is 1. The van der Waals surface area contributed by atoms with Gasteiger partial charge in [0.1, 0.15) is 17.2 Å². The van der Waals surface area contributed by atoms with E-state index in [2.05, 4.69) is 20.7 Å². The number of hydrogen-bond acceptors (Lipinski definition) is 5. The van der Waals surface area contributed by atoms with Gasteiger partial charge in [-0.15, -0.1) is 0 Å². The fourth-order valence-electron chi connectivity index (χ4n) is 3.80. The summed E-state index contributed by atoms with van der Waals surface area (Å²) in [6, 6.07) is 22.7. The van der Waals surface area contributed by atoms with Crippen molar-refractivity contribution >= 4 is 12.1 Å². The van der Waals surface area contributed by atoms with Gasteiger partial charge in [0, 0.05) is 22.3 Å². The first-order valence-corrected chi connectivity index (χ1v) is 10.1. The molecule has 7 nitrogen and oxygen atoms in total. The maximum absolute atomic E-state index is 13.2. The first-order chi connectivity index (χ1) is 15.7. The number of rotatable bonds is 5. The molecule has 1 aliphatic rings. The van der Waals surface area contributed by atoms with E-state index in [0.29, 0.717) is 11.5 Å². The minimum atomic E-state index is -0.515. The summed E-state index contributed by atoms with van der Waals surface area (Å²) in [4.78, 5) is 13.2. The number of methoxy groups -OCH3 is 1. The van der Waals surface area contributed by atoms with E-state index in [-0.39, 0.29) is 5.91 Å². The molecule has 0 saturated carbocycles. The lowest BCUT2D eigenvalue weighted by atomic mass is 9.87. The van der Waals surface area contributed by atoms with E-state index in [0.717, 1.165) is 33.7 Å². The topological polar surface area (TPSA) is 88.6 Å². The molecule has 2 N–H and O–H groups in total. The van der Waals surface area contributed by atoms with Gasteiger partial charge in [0.15, 0.2) is 0 Å². The van der Waals surface area contributed by atoms with Crippen LogP contribution in [0.3, 0.4) is 0 Å². The second kappa shape index (κ2) is 8.39. The van der Waals surface area contributed by atoms with Gasteiger partial charge in [0.25, 0.3) is 5.91 Å². The Morgan fingerprint density at radius 2 is 1.69 bits per heavy atom. The van der Waals surface area contributed by atoms with Gasteiger partial charge in [0.2, 0.25) is 0 Å². The van der Waals surface area contributed by atoms with E-state index in [1.165, 1.54) is 0 Å². The van der Waals surface area contributed by atoms with Crippen LogP contribution in [-0.4, -0.2) is 29.4 Å². The summed E-state index contributed by atoms with van der Waals surface area (Å²) in [5, 5.41) is 11.3. The van der Waals surface area contributed by atoms with E-state index in [1.807, 2.05) is 72.8 Å². The molecule has 0 spiro atoms. The second-order valence-electron chi connectivity index (χ2n) is 7.27. The predicted molar refractivity (Wildman–Crippen MR) is 121 cm³/mol. The third kappa shape index (κ3) is 3.60. The fourth-order valence-corrected chi connectivity index (χ4v) is 3.80. The largest absolute Gasteiger partial charge is 0.497 e. The van der Waals surface area contributed by atoms with E-state index in [4.69, 9.17) is 9.47 Å². The smallest absolute Gasteiger partial charge is 0.252 e. The number of nitrogens with zero attached hydrogens (tertiary/aromatic N) is 2. The van der Waals surface area contributed by atoms with Crippen LogP contribution < -0.4 is 14.9 Å². The third-order valence-electron chi connectivity index (χ3n) is 5.37. The molecule has 4 aromatic rings. The zero-order chi connectivity index (χ0) is 21.9. The normalized spacial score (nSPS) is 12.7. The summed E-state index contributed by atoms with van der Waals surface area (Å²) in [5.74, 6) is 1.37. The Bertz CT molecular complexity index is 1250. The Morgan fingerprint density at radius 1 is 1.03 bits per heavy atom. The highest BCUT2D eigenvalue weighted by atomic mass is 16.5. The monoisotopic (exact) mass is 424 g/mol. The molecule has 158 valence electrons. The van der Waals surface area contributed by atoms with Gasteiger partial charge in [-0.1, -0.05) is 36.4 Å². The molecule has 32 heavy (non-hydrogen) atoms. The average molecular weight is 424 g/mol. The van der Waals surface area contributed by atoms with Gasteiger partial charge < -0.3 is 9.47 Å². The number of aromatic nitrogens is 2. The van der Waals surface area contributed by atoms with Gasteiger partial charge in [-0.2, -0.15) is 10.2 Å². The minimum Gasteiger partial charge on any atom is -0.497 e. The molecule has 0 atom stereocenters. The number of amides is 1. The Hall–Kier alpha value is -4.39. The van der Waals surface area contributed by atoms with Crippen LogP contribution in [0.1, 0.15) is 22.6 Å². The van der Waals surface area contributed by atoms with Crippen molar-refractivity contribution < 1.29 is 14.3 Å². The lowest BCUT2D eigenvalue weighted by Gasteiger charge is -2.26. The highest BCUT2D eigenvalue weighted by Crippen LogP contribution is 2.43. The number of para-hydroxylation sites is 2. The zero-order valence-corrected chi connectivity index (χ0v) is 17.3. The summed E-state index contributed by atoms with van der Waals surface area (Å²) in [5.41, 5.74) is 6.78. The van der Waals surface area contributed by atoms with Crippen LogP contribution in [0.25, 0.3) is 11.3 Å². The van der Waals surface area contributed by atoms with Crippen molar-refractivity contribution in [1.82, 2.24) is 15.6 Å². The number of carbonyl (C=O) groups excluding carboxylic acids is 1. The second-order valence-corrected chi connectivity index (χ2v) is 7.27. The van der Waals surface area contributed by atoms with Crippen LogP contribution in [0, 0.1) is 0 Å². The molecule has 1 aliphatic heterocycles. The summed E-state index contributed by atoms with van der Waals surface area (Å²) in [6.07, 6.45) is 3.24. The van der Waals surface area contributed by atoms with Crippen molar-refractivity contribution in [3.63, 3.8) is 0 Å². The van der Waals surface area contributed by atoms with Crippen molar-refractivity contribution in [3.05, 3.63) is 95.7 Å². The van der Waals surface area contributed by atoms with E-state index in [9.17, 15) is 4.79 Å².